The third-order valence-corrected chi connectivity index (χ3v) is 3.84. The zero-order valence-corrected chi connectivity index (χ0v) is 13.5. The molecule has 2 aliphatic rings. The van der Waals surface area contributed by atoms with Gasteiger partial charge in [-0.2, -0.15) is 13.2 Å². The van der Waals surface area contributed by atoms with Crippen molar-refractivity contribution in [2.24, 2.45) is 10.7 Å². The molecule has 0 bridgehead atoms. The number of nitrogens with one attached hydrogen (secondary N) is 1. The average molecular weight is 363 g/mol. The molecule has 0 spiro atoms. The smallest absolute Gasteiger partial charge is 0.392 e. The Hall–Kier alpha value is -3.07. The number of aliphatic imine (C=N–C) groups is 1. The number of aromatic nitrogens is 1. The molecule has 1 atom stereocenters. The van der Waals surface area contributed by atoms with Crippen LogP contribution in [0.2, 0.25) is 0 Å². The molecule has 26 heavy (non-hydrogen) atoms. The highest BCUT2D eigenvalue weighted by atomic mass is 19.4. The fourth-order valence-electron chi connectivity index (χ4n) is 2.66. The lowest BCUT2D eigenvalue weighted by Crippen LogP contribution is -2.45. The van der Waals surface area contributed by atoms with Crippen molar-refractivity contribution < 1.29 is 18.3 Å². The number of pyridine rings is 1. The first-order chi connectivity index (χ1) is 12.3. The lowest BCUT2D eigenvalue weighted by atomic mass is 10.0. The average Bonchev–Trinajstić information content (AvgIpc) is 2.58. The molecule has 136 valence electrons. The summed E-state index contributed by atoms with van der Waals surface area (Å²) in [4.78, 5) is 9.38. The molecule has 0 fully saturated rings. The number of nitrogens with zero attached hydrogens (tertiary/aromatic N) is 3. The van der Waals surface area contributed by atoms with Gasteiger partial charge in [-0.15, -0.1) is 0 Å². The molecule has 0 aromatic carbocycles. The lowest BCUT2D eigenvalue weighted by Gasteiger charge is -2.34. The van der Waals surface area contributed by atoms with Gasteiger partial charge in [0.1, 0.15) is 17.5 Å². The molecular formula is C17H16F3N5O. The monoisotopic (exact) mass is 363 g/mol. The van der Waals surface area contributed by atoms with Crippen LogP contribution in [-0.4, -0.2) is 33.0 Å². The third kappa shape index (κ3) is 3.33. The molecule has 0 saturated heterocycles. The van der Waals surface area contributed by atoms with E-state index in [0.717, 1.165) is 0 Å². The highest BCUT2D eigenvalue weighted by Crippen LogP contribution is 2.33. The SMILES string of the molecule is C=C1C=C(N)N=C2C(C(Nc3ncccc3CO)C(F)(F)F)=CC=CN12. The molecule has 4 N–H and O–H groups in total. The number of anilines is 1. The number of aliphatic hydroxyl groups excluding tert-OH is 1. The standard InChI is InChI=1S/C17H16F3N5O/c1-10-8-13(21)23-16-12(5-3-7-25(10)16)14(17(18,19)20)24-15-11(9-26)4-2-6-22-15/h2-8,14,26H,1,9,21H2,(H,22,24). The number of halogens is 3. The van der Waals surface area contributed by atoms with Gasteiger partial charge in [0.2, 0.25) is 0 Å². The second-order valence-electron chi connectivity index (χ2n) is 5.62. The summed E-state index contributed by atoms with van der Waals surface area (Å²) in [5.74, 6) is 0.0455. The number of amidine groups is 1. The summed E-state index contributed by atoms with van der Waals surface area (Å²) in [6.07, 6.45) is 2.51. The fraction of sp³-hybridized carbons (Fsp3) is 0.176. The molecule has 3 rings (SSSR count). The first kappa shape index (κ1) is 17.7. The predicted molar refractivity (Wildman–Crippen MR) is 91.5 cm³/mol. The van der Waals surface area contributed by atoms with Gasteiger partial charge in [-0.25, -0.2) is 9.98 Å². The van der Waals surface area contributed by atoms with E-state index in [1.165, 1.54) is 41.5 Å². The van der Waals surface area contributed by atoms with Crippen LogP contribution in [-0.2, 0) is 6.61 Å². The minimum absolute atomic E-state index is 0.0359. The van der Waals surface area contributed by atoms with Gasteiger partial charge < -0.3 is 21.1 Å². The van der Waals surface area contributed by atoms with Gasteiger partial charge in [0, 0.05) is 35.3 Å². The van der Waals surface area contributed by atoms with E-state index in [-0.39, 0.29) is 28.6 Å². The Morgan fingerprint density at radius 2 is 2.15 bits per heavy atom. The Bertz CT molecular complexity index is 854. The lowest BCUT2D eigenvalue weighted by molar-refractivity contribution is -0.133. The summed E-state index contributed by atoms with van der Waals surface area (Å²) in [5.41, 5.74) is 6.21. The number of nitrogens with two attached hydrogens (primary N) is 1. The molecule has 9 heteroatoms. The van der Waals surface area contributed by atoms with Crippen LogP contribution in [0.5, 0.6) is 0 Å². The number of hydrogen-bond acceptors (Lipinski definition) is 6. The van der Waals surface area contributed by atoms with E-state index in [9.17, 15) is 18.3 Å². The van der Waals surface area contributed by atoms with E-state index in [1.54, 1.807) is 6.20 Å². The van der Waals surface area contributed by atoms with Gasteiger partial charge in [0.15, 0.2) is 6.04 Å². The van der Waals surface area contributed by atoms with Crippen molar-refractivity contribution in [1.82, 2.24) is 9.88 Å². The summed E-state index contributed by atoms with van der Waals surface area (Å²) >= 11 is 0. The number of aliphatic hydroxyl groups is 1. The fourth-order valence-corrected chi connectivity index (χ4v) is 2.66. The third-order valence-electron chi connectivity index (χ3n) is 3.84. The van der Waals surface area contributed by atoms with Crippen LogP contribution in [0.4, 0.5) is 19.0 Å². The number of rotatable bonds is 4. The zero-order chi connectivity index (χ0) is 18.9. The quantitative estimate of drug-likeness (QED) is 0.765. The number of hydrogen-bond donors (Lipinski definition) is 3. The molecule has 0 radical (unpaired) electrons. The van der Waals surface area contributed by atoms with Crippen molar-refractivity contribution in [3.05, 3.63) is 72.0 Å². The van der Waals surface area contributed by atoms with Crippen molar-refractivity contribution >= 4 is 11.7 Å². The largest absolute Gasteiger partial charge is 0.412 e. The van der Waals surface area contributed by atoms with E-state index in [2.05, 4.69) is 21.9 Å². The van der Waals surface area contributed by atoms with Crippen LogP contribution in [0, 0.1) is 0 Å². The maximum Gasteiger partial charge on any atom is 0.412 e. The van der Waals surface area contributed by atoms with E-state index in [4.69, 9.17) is 5.73 Å². The maximum atomic E-state index is 13.8. The van der Waals surface area contributed by atoms with Crippen molar-refractivity contribution in [3.63, 3.8) is 0 Å². The second kappa shape index (κ2) is 6.68. The molecule has 2 aliphatic heterocycles. The van der Waals surface area contributed by atoms with Crippen LogP contribution >= 0.6 is 0 Å². The molecule has 1 aromatic rings. The van der Waals surface area contributed by atoms with Gasteiger partial charge in [0.05, 0.1) is 6.61 Å². The minimum Gasteiger partial charge on any atom is -0.392 e. The Kier molecular flexibility index (Phi) is 4.56. The summed E-state index contributed by atoms with van der Waals surface area (Å²) in [6.45, 7) is 3.33. The van der Waals surface area contributed by atoms with Crippen LogP contribution in [0.1, 0.15) is 5.56 Å². The van der Waals surface area contributed by atoms with Crippen LogP contribution < -0.4 is 11.1 Å². The highest BCUT2D eigenvalue weighted by molar-refractivity contribution is 6.04. The molecular weight excluding hydrogens is 347 g/mol. The van der Waals surface area contributed by atoms with Gasteiger partial charge in [-0.05, 0) is 12.1 Å². The molecule has 6 nitrogen and oxygen atoms in total. The molecule has 1 aromatic heterocycles. The predicted octanol–water partition coefficient (Wildman–Crippen LogP) is 2.40. The van der Waals surface area contributed by atoms with Crippen molar-refractivity contribution in [3.8, 4) is 0 Å². The molecule has 1 unspecified atom stereocenters. The van der Waals surface area contributed by atoms with Gasteiger partial charge in [-0.1, -0.05) is 18.7 Å². The molecule has 3 heterocycles. The van der Waals surface area contributed by atoms with Gasteiger partial charge in [0.25, 0.3) is 0 Å². The zero-order valence-electron chi connectivity index (χ0n) is 13.5. The highest BCUT2D eigenvalue weighted by Gasteiger charge is 2.45. The second-order valence-corrected chi connectivity index (χ2v) is 5.62. The summed E-state index contributed by atoms with van der Waals surface area (Å²) in [7, 11) is 0. The maximum absolute atomic E-state index is 13.8. The van der Waals surface area contributed by atoms with Crippen molar-refractivity contribution in [2.45, 2.75) is 18.8 Å². The van der Waals surface area contributed by atoms with E-state index in [0.29, 0.717) is 5.70 Å². The number of alkyl halides is 3. The van der Waals surface area contributed by atoms with E-state index < -0.39 is 18.8 Å². The van der Waals surface area contributed by atoms with E-state index >= 15 is 0 Å². The minimum atomic E-state index is -4.65. The first-order valence-electron chi connectivity index (χ1n) is 7.62. The van der Waals surface area contributed by atoms with Gasteiger partial charge in [-0.3, -0.25) is 0 Å². The Labute approximate surface area is 147 Å². The van der Waals surface area contributed by atoms with Crippen molar-refractivity contribution in [2.75, 3.05) is 5.32 Å². The van der Waals surface area contributed by atoms with Gasteiger partial charge >= 0.3 is 6.18 Å². The number of fused-ring (bicyclic) bond motifs is 1. The molecule has 0 aliphatic carbocycles. The number of allylic oxidation sites excluding steroid dienone is 3. The van der Waals surface area contributed by atoms with Crippen LogP contribution in [0.25, 0.3) is 0 Å². The van der Waals surface area contributed by atoms with Crippen molar-refractivity contribution in [1.29, 1.82) is 0 Å². The summed E-state index contributed by atoms with van der Waals surface area (Å²) < 4.78 is 41.5. The Morgan fingerprint density at radius 1 is 1.38 bits per heavy atom. The molecule has 0 saturated carbocycles. The summed E-state index contributed by atoms with van der Waals surface area (Å²) in [5, 5.41) is 11.7. The van der Waals surface area contributed by atoms with Crippen LogP contribution in [0.3, 0.4) is 0 Å². The Balaban J connectivity index is 2.04. The van der Waals surface area contributed by atoms with Crippen LogP contribution in [0.15, 0.2) is 71.4 Å². The Morgan fingerprint density at radius 3 is 2.85 bits per heavy atom. The molecule has 0 amide bonds. The summed E-state index contributed by atoms with van der Waals surface area (Å²) in [6, 6.07) is 0.919. The van der Waals surface area contributed by atoms with E-state index in [1.807, 2.05) is 0 Å². The normalized spacial score (nSPS) is 17.9. The topological polar surface area (TPSA) is 86.8 Å². The first-order valence-corrected chi connectivity index (χ1v) is 7.62.